The van der Waals surface area contributed by atoms with Crippen molar-refractivity contribution in [1.29, 1.82) is 0 Å². The number of aryl methyl sites for hydroxylation is 2. The number of rotatable bonds is 9. The van der Waals surface area contributed by atoms with Crippen molar-refractivity contribution in [1.82, 2.24) is 9.80 Å². The summed E-state index contributed by atoms with van der Waals surface area (Å²) in [5.41, 5.74) is 4.59. The van der Waals surface area contributed by atoms with Crippen molar-refractivity contribution in [2.24, 2.45) is 0 Å². The van der Waals surface area contributed by atoms with Gasteiger partial charge in [0.25, 0.3) is 5.91 Å². The predicted molar refractivity (Wildman–Crippen MR) is 127 cm³/mol. The summed E-state index contributed by atoms with van der Waals surface area (Å²) >= 11 is 0. The Morgan fingerprint density at radius 3 is 2.19 bits per heavy atom. The van der Waals surface area contributed by atoms with Gasteiger partial charge >= 0.3 is 0 Å². The minimum Gasteiger partial charge on any atom is -0.497 e. The van der Waals surface area contributed by atoms with Gasteiger partial charge in [-0.3, -0.25) is 9.69 Å². The van der Waals surface area contributed by atoms with Gasteiger partial charge in [-0.2, -0.15) is 0 Å². The van der Waals surface area contributed by atoms with E-state index in [9.17, 15) is 4.79 Å². The van der Waals surface area contributed by atoms with E-state index < -0.39 is 0 Å². The van der Waals surface area contributed by atoms with Gasteiger partial charge in [0.1, 0.15) is 11.5 Å². The lowest BCUT2D eigenvalue weighted by Gasteiger charge is -2.38. The first-order chi connectivity index (χ1) is 15.4. The SMILES string of the molecule is COCCN(C(=O)c1cc(OC)cc(OC)c1)C1CCN(Cc2ccc(C)c(C)c2)CC1. The Hall–Kier alpha value is -2.57. The number of amides is 1. The van der Waals surface area contributed by atoms with Gasteiger partial charge in [-0.05, 0) is 55.5 Å². The van der Waals surface area contributed by atoms with Gasteiger partial charge in [-0.25, -0.2) is 0 Å². The average molecular weight is 441 g/mol. The summed E-state index contributed by atoms with van der Waals surface area (Å²) in [5.74, 6) is 1.22. The molecule has 0 N–H and O–H groups in total. The molecule has 3 rings (SSSR count). The van der Waals surface area contributed by atoms with E-state index in [1.807, 2.05) is 4.90 Å². The topological polar surface area (TPSA) is 51.2 Å². The fourth-order valence-corrected chi connectivity index (χ4v) is 4.29. The summed E-state index contributed by atoms with van der Waals surface area (Å²) < 4.78 is 16.0. The summed E-state index contributed by atoms with van der Waals surface area (Å²) in [6.45, 7) is 8.27. The third-order valence-corrected chi connectivity index (χ3v) is 6.37. The highest BCUT2D eigenvalue weighted by molar-refractivity contribution is 5.95. The first kappa shape index (κ1) is 24.1. The molecule has 1 saturated heterocycles. The number of carbonyl (C=O) groups is 1. The molecule has 0 radical (unpaired) electrons. The van der Waals surface area contributed by atoms with Gasteiger partial charge in [-0.15, -0.1) is 0 Å². The Kier molecular flexibility index (Phi) is 8.53. The molecule has 0 bridgehead atoms. The van der Waals surface area contributed by atoms with Crippen LogP contribution < -0.4 is 9.47 Å². The molecule has 174 valence electrons. The Morgan fingerprint density at radius 2 is 1.62 bits per heavy atom. The molecule has 1 fully saturated rings. The van der Waals surface area contributed by atoms with Gasteiger partial charge in [0.05, 0.1) is 20.8 Å². The monoisotopic (exact) mass is 440 g/mol. The zero-order valence-corrected chi connectivity index (χ0v) is 20.0. The number of benzene rings is 2. The van der Waals surface area contributed by atoms with Crippen LogP contribution in [0.15, 0.2) is 36.4 Å². The molecule has 0 aromatic heterocycles. The number of hydrogen-bond donors (Lipinski definition) is 0. The van der Waals surface area contributed by atoms with E-state index in [1.165, 1.54) is 16.7 Å². The van der Waals surface area contributed by atoms with Crippen LogP contribution in [0.25, 0.3) is 0 Å². The summed E-state index contributed by atoms with van der Waals surface area (Å²) in [7, 11) is 4.86. The van der Waals surface area contributed by atoms with Crippen LogP contribution in [0, 0.1) is 13.8 Å². The molecule has 0 saturated carbocycles. The van der Waals surface area contributed by atoms with Crippen LogP contribution in [0.2, 0.25) is 0 Å². The van der Waals surface area contributed by atoms with Crippen molar-refractivity contribution in [2.45, 2.75) is 39.3 Å². The molecule has 1 amide bonds. The van der Waals surface area contributed by atoms with Crippen LogP contribution in [0.1, 0.15) is 39.9 Å². The minimum atomic E-state index is -0.00754. The van der Waals surface area contributed by atoms with Crippen LogP contribution in [0.4, 0.5) is 0 Å². The molecule has 0 unspecified atom stereocenters. The molecule has 32 heavy (non-hydrogen) atoms. The summed E-state index contributed by atoms with van der Waals surface area (Å²) in [5, 5.41) is 0. The Labute approximate surface area is 192 Å². The highest BCUT2D eigenvalue weighted by Crippen LogP contribution is 2.26. The molecule has 2 aromatic carbocycles. The third-order valence-electron chi connectivity index (χ3n) is 6.37. The summed E-state index contributed by atoms with van der Waals surface area (Å²) in [6.07, 6.45) is 1.89. The van der Waals surface area contributed by atoms with E-state index in [2.05, 4.69) is 36.9 Å². The molecule has 1 heterocycles. The molecule has 1 aliphatic rings. The van der Waals surface area contributed by atoms with Crippen LogP contribution in [-0.2, 0) is 11.3 Å². The van der Waals surface area contributed by atoms with E-state index in [1.54, 1.807) is 39.5 Å². The standard InChI is InChI=1S/C26H36N2O4/c1-19-6-7-21(14-20(19)2)18-27-10-8-23(9-11-27)28(12-13-30-3)26(29)22-15-24(31-4)17-25(16-22)32-5/h6-7,14-17,23H,8-13,18H2,1-5H3. The molecule has 1 aliphatic heterocycles. The lowest BCUT2D eigenvalue weighted by atomic mass is 10.00. The third kappa shape index (κ3) is 6.02. The first-order valence-electron chi connectivity index (χ1n) is 11.3. The Bertz CT molecular complexity index is 884. The molecular weight excluding hydrogens is 404 g/mol. The Morgan fingerprint density at radius 1 is 0.969 bits per heavy atom. The maximum Gasteiger partial charge on any atom is 0.254 e. The van der Waals surface area contributed by atoms with E-state index in [-0.39, 0.29) is 11.9 Å². The van der Waals surface area contributed by atoms with E-state index >= 15 is 0 Å². The number of nitrogens with zero attached hydrogens (tertiary/aromatic N) is 2. The lowest BCUT2D eigenvalue weighted by molar-refractivity contribution is 0.0478. The Balaban J connectivity index is 1.69. The van der Waals surface area contributed by atoms with Crippen LogP contribution in [0.5, 0.6) is 11.5 Å². The maximum atomic E-state index is 13.5. The molecule has 2 aromatic rings. The number of piperidine rings is 1. The molecule has 0 aliphatic carbocycles. The first-order valence-corrected chi connectivity index (χ1v) is 11.3. The van der Waals surface area contributed by atoms with Crippen LogP contribution in [-0.4, -0.2) is 69.3 Å². The summed E-state index contributed by atoms with van der Waals surface area (Å²) in [6, 6.07) is 12.2. The van der Waals surface area contributed by atoms with Crippen LogP contribution >= 0.6 is 0 Å². The van der Waals surface area contributed by atoms with Gasteiger partial charge in [0, 0.05) is 51.0 Å². The number of likely N-dealkylation sites (tertiary alicyclic amines) is 1. The van der Waals surface area contributed by atoms with Gasteiger partial charge in [0.2, 0.25) is 0 Å². The predicted octanol–water partition coefficient (Wildman–Crippen LogP) is 4.07. The average Bonchev–Trinajstić information content (AvgIpc) is 2.82. The highest BCUT2D eigenvalue weighted by Gasteiger charge is 2.29. The zero-order chi connectivity index (χ0) is 23.1. The van der Waals surface area contributed by atoms with Crippen molar-refractivity contribution in [3.05, 3.63) is 58.7 Å². The fraction of sp³-hybridized carbons (Fsp3) is 0.500. The van der Waals surface area contributed by atoms with E-state index in [0.717, 1.165) is 32.5 Å². The number of carbonyl (C=O) groups excluding carboxylic acids is 1. The number of ether oxygens (including phenoxy) is 3. The molecule has 0 spiro atoms. The van der Waals surface area contributed by atoms with Crippen molar-refractivity contribution in [3.63, 3.8) is 0 Å². The quantitative estimate of drug-likeness (QED) is 0.588. The fourth-order valence-electron chi connectivity index (χ4n) is 4.29. The largest absolute Gasteiger partial charge is 0.497 e. The minimum absolute atomic E-state index is 0.00754. The highest BCUT2D eigenvalue weighted by atomic mass is 16.5. The molecule has 6 heteroatoms. The number of methoxy groups -OCH3 is 3. The summed E-state index contributed by atoms with van der Waals surface area (Å²) in [4.78, 5) is 17.9. The molecular formula is C26H36N2O4. The van der Waals surface area contributed by atoms with Crippen molar-refractivity contribution in [2.75, 3.05) is 47.6 Å². The smallest absolute Gasteiger partial charge is 0.254 e. The van der Waals surface area contributed by atoms with Crippen molar-refractivity contribution >= 4 is 5.91 Å². The van der Waals surface area contributed by atoms with Crippen LogP contribution in [0.3, 0.4) is 0 Å². The van der Waals surface area contributed by atoms with Crippen molar-refractivity contribution < 1.29 is 19.0 Å². The molecule has 6 nitrogen and oxygen atoms in total. The van der Waals surface area contributed by atoms with Crippen molar-refractivity contribution in [3.8, 4) is 11.5 Å². The second-order valence-electron chi connectivity index (χ2n) is 8.52. The second kappa shape index (κ2) is 11.3. The maximum absolute atomic E-state index is 13.5. The van der Waals surface area contributed by atoms with E-state index in [4.69, 9.17) is 14.2 Å². The second-order valence-corrected chi connectivity index (χ2v) is 8.52. The normalized spacial score (nSPS) is 14.9. The van der Waals surface area contributed by atoms with E-state index in [0.29, 0.717) is 30.2 Å². The number of hydrogen-bond acceptors (Lipinski definition) is 5. The molecule has 0 atom stereocenters. The lowest BCUT2D eigenvalue weighted by Crippen LogP contribution is -2.48. The van der Waals surface area contributed by atoms with Gasteiger partial charge in [0.15, 0.2) is 0 Å². The van der Waals surface area contributed by atoms with Gasteiger partial charge in [-0.1, -0.05) is 18.2 Å². The zero-order valence-electron chi connectivity index (χ0n) is 20.0. The van der Waals surface area contributed by atoms with Gasteiger partial charge < -0.3 is 19.1 Å².